The average molecular weight is 489 g/mol. The molecule has 1 saturated heterocycles. The van der Waals surface area contributed by atoms with E-state index in [0.29, 0.717) is 6.54 Å². The van der Waals surface area contributed by atoms with Crippen molar-refractivity contribution in [3.8, 4) is 5.75 Å². The predicted molar refractivity (Wildman–Crippen MR) is 120 cm³/mol. The Morgan fingerprint density at radius 3 is 2.70 bits per heavy atom. The molecular weight excluding hydrogens is 457 g/mol. The second-order valence-corrected chi connectivity index (χ2v) is 6.60. The van der Waals surface area contributed by atoms with Gasteiger partial charge in [0.25, 0.3) is 0 Å². The van der Waals surface area contributed by atoms with Crippen molar-refractivity contribution in [3.05, 3.63) is 29.8 Å². The maximum Gasteiger partial charge on any atom is 0.221 e. The second kappa shape index (κ2) is 12.8. The summed E-state index contributed by atoms with van der Waals surface area (Å²) in [6.45, 7) is 4.34. The number of guanidine groups is 1. The van der Waals surface area contributed by atoms with E-state index in [1.165, 1.54) is 5.56 Å². The zero-order valence-corrected chi connectivity index (χ0v) is 18.6. The fraction of sp³-hybridized carbons (Fsp3) is 0.579. The molecule has 27 heavy (non-hydrogen) atoms. The van der Waals surface area contributed by atoms with E-state index >= 15 is 0 Å². The summed E-state index contributed by atoms with van der Waals surface area (Å²) in [4.78, 5) is 17.9. The highest BCUT2D eigenvalue weighted by Crippen LogP contribution is 2.15. The number of benzene rings is 1. The fourth-order valence-electron chi connectivity index (χ4n) is 3.15. The minimum atomic E-state index is -0.170. The molecule has 7 nitrogen and oxygen atoms in total. The van der Waals surface area contributed by atoms with Crippen LogP contribution in [-0.4, -0.2) is 57.1 Å². The number of amides is 1. The zero-order valence-electron chi connectivity index (χ0n) is 16.2. The fourth-order valence-corrected chi connectivity index (χ4v) is 3.15. The molecule has 1 heterocycles. The lowest BCUT2D eigenvalue weighted by molar-refractivity contribution is -0.123. The SMILES string of the molecule is CN=C(NCCCN1CCCC(C(N)=O)C1)NCc1ccc(OC)cc1.I. The Morgan fingerprint density at radius 2 is 2.07 bits per heavy atom. The molecule has 1 aliphatic heterocycles. The first-order chi connectivity index (χ1) is 12.6. The number of carbonyl (C=O) groups is 1. The van der Waals surface area contributed by atoms with Crippen LogP contribution in [0.25, 0.3) is 0 Å². The van der Waals surface area contributed by atoms with Crippen LogP contribution in [0.1, 0.15) is 24.8 Å². The quantitative estimate of drug-likeness (QED) is 0.223. The van der Waals surface area contributed by atoms with Crippen LogP contribution in [0.5, 0.6) is 5.75 Å². The van der Waals surface area contributed by atoms with Gasteiger partial charge in [-0.1, -0.05) is 12.1 Å². The Morgan fingerprint density at radius 1 is 1.33 bits per heavy atom. The molecule has 8 heteroatoms. The minimum Gasteiger partial charge on any atom is -0.497 e. The molecule has 1 atom stereocenters. The first kappa shape index (κ1) is 23.5. The lowest BCUT2D eigenvalue weighted by atomic mass is 9.97. The van der Waals surface area contributed by atoms with Crippen LogP contribution >= 0.6 is 24.0 Å². The molecule has 1 unspecified atom stereocenters. The van der Waals surface area contributed by atoms with Crippen LogP contribution in [-0.2, 0) is 11.3 Å². The van der Waals surface area contributed by atoms with Gasteiger partial charge in [-0.25, -0.2) is 0 Å². The zero-order chi connectivity index (χ0) is 18.8. The topological polar surface area (TPSA) is 92.0 Å². The van der Waals surface area contributed by atoms with E-state index in [0.717, 1.165) is 57.2 Å². The third kappa shape index (κ3) is 8.34. The largest absolute Gasteiger partial charge is 0.497 e. The number of methoxy groups -OCH3 is 1. The van der Waals surface area contributed by atoms with E-state index in [2.05, 4.69) is 20.5 Å². The highest BCUT2D eigenvalue weighted by molar-refractivity contribution is 14.0. The summed E-state index contributed by atoms with van der Waals surface area (Å²) in [7, 11) is 3.43. The van der Waals surface area contributed by atoms with Crippen molar-refractivity contribution >= 4 is 35.8 Å². The van der Waals surface area contributed by atoms with Crippen LogP contribution in [0, 0.1) is 5.92 Å². The number of nitrogens with one attached hydrogen (secondary N) is 2. The number of rotatable bonds is 8. The van der Waals surface area contributed by atoms with Crippen LogP contribution < -0.4 is 21.1 Å². The third-order valence-corrected chi connectivity index (χ3v) is 4.69. The molecule has 1 aromatic rings. The van der Waals surface area contributed by atoms with Gasteiger partial charge in [0.1, 0.15) is 5.75 Å². The van der Waals surface area contributed by atoms with Crippen LogP contribution in [0.2, 0.25) is 0 Å². The predicted octanol–water partition coefficient (Wildman–Crippen LogP) is 1.57. The normalized spacial score (nSPS) is 17.7. The number of halogens is 1. The van der Waals surface area contributed by atoms with E-state index in [4.69, 9.17) is 10.5 Å². The number of carbonyl (C=O) groups excluding carboxylic acids is 1. The van der Waals surface area contributed by atoms with E-state index in [-0.39, 0.29) is 35.8 Å². The van der Waals surface area contributed by atoms with Crippen molar-refractivity contribution in [3.63, 3.8) is 0 Å². The van der Waals surface area contributed by atoms with Gasteiger partial charge < -0.3 is 26.0 Å². The number of ether oxygens (including phenoxy) is 1. The standard InChI is InChI=1S/C19H31N5O2.HI/c1-21-19(23-13-15-6-8-17(26-2)9-7-15)22-10-4-12-24-11-3-5-16(14-24)18(20)25;/h6-9,16H,3-5,10-14H2,1-2H3,(H2,20,25)(H2,21,22,23);1H. The molecule has 1 aromatic carbocycles. The number of hydrogen-bond acceptors (Lipinski definition) is 4. The van der Waals surface area contributed by atoms with E-state index in [1.807, 2.05) is 24.3 Å². The Kier molecular flexibility index (Phi) is 11.1. The monoisotopic (exact) mass is 489 g/mol. The molecule has 0 bridgehead atoms. The van der Waals surface area contributed by atoms with Crippen molar-refractivity contribution in [1.82, 2.24) is 15.5 Å². The van der Waals surface area contributed by atoms with Gasteiger partial charge in [-0.3, -0.25) is 9.79 Å². The number of primary amides is 1. The number of piperidine rings is 1. The van der Waals surface area contributed by atoms with E-state index in [9.17, 15) is 4.79 Å². The third-order valence-electron chi connectivity index (χ3n) is 4.69. The van der Waals surface area contributed by atoms with Crippen molar-refractivity contribution in [2.45, 2.75) is 25.8 Å². The first-order valence-corrected chi connectivity index (χ1v) is 9.21. The lowest BCUT2D eigenvalue weighted by Crippen LogP contribution is -2.42. The van der Waals surface area contributed by atoms with Crippen LogP contribution in [0.15, 0.2) is 29.3 Å². The highest BCUT2D eigenvalue weighted by Gasteiger charge is 2.23. The summed E-state index contributed by atoms with van der Waals surface area (Å²) >= 11 is 0. The Labute approximate surface area is 179 Å². The average Bonchev–Trinajstić information content (AvgIpc) is 2.68. The Hall–Kier alpha value is -1.55. The number of hydrogen-bond donors (Lipinski definition) is 3. The van der Waals surface area contributed by atoms with Gasteiger partial charge in [0.05, 0.1) is 13.0 Å². The van der Waals surface area contributed by atoms with Gasteiger partial charge in [0, 0.05) is 26.7 Å². The Bertz CT molecular complexity index is 594. The molecule has 1 fully saturated rings. The summed E-state index contributed by atoms with van der Waals surface area (Å²) in [6.07, 6.45) is 2.97. The minimum absolute atomic E-state index is 0. The molecule has 0 radical (unpaired) electrons. The van der Waals surface area contributed by atoms with Gasteiger partial charge in [0.2, 0.25) is 5.91 Å². The molecule has 2 rings (SSSR count). The van der Waals surface area contributed by atoms with Gasteiger partial charge in [-0.05, 0) is 50.0 Å². The first-order valence-electron chi connectivity index (χ1n) is 9.21. The summed E-state index contributed by atoms with van der Waals surface area (Å²) in [5.41, 5.74) is 6.60. The smallest absolute Gasteiger partial charge is 0.221 e. The highest BCUT2D eigenvalue weighted by atomic mass is 127. The van der Waals surface area contributed by atoms with Crippen molar-refractivity contribution in [2.75, 3.05) is 40.3 Å². The molecule has 1 amide bonds. The summed E-state index contributed by atoms with van der Waals surface area (Å²) in [6, 6.07) is 7.96. The van der Waals surface area contributed by atoms with Crippen LogP contribution in [0.4, 0.5) is 0 Å². The molecule has 0 aliphatic carbocycles. The molecule has 0 aromatic heterocycles. The van der Waals surface area contributed by atoms with E-state index < -0.39 is 0 Å². The van der Waals surface area contributed by atoms with Gasteiger partial charge in [0.15, 0.2) is 5.96 Å². The molecular formula is C19H32IN5O2. The Balaban J connectivity index is 0.00000364. The second-order valence-electron chi connectivity index (χ2n) is 6.60. The van der Waals surface area contributed by atoms with Gasteiger partial charge in [-0.2, -0.15) is 0 Å². The van der Waals surface area contributed by atoms with Crippen LogP contribution in [0.3, 0.4) is 0 Å². The summed E-state index contributed by atoms with van der Waals surface area (Å²) < 4.78 is 5.16. The van der Waals surface area contributed by atoms with Crippen molar-refractivity contribution < 1.29 is 9.53 Å². The number of nitrogens with two attached hydrogens (primary N) is 1. The summed E-state index contributed by atoms with van der Waals surface area (Å²) in [5.74, 6) is 1.48. The molecule has 1 aliphatic rings. The van der Waals surface area contributed by atoms with Crippen molar-refractivity contribution in [1.29, 1.82) is 0 Å². The molecule has 0 saturated carbocycles. The number of nitrogens with zero attached hydrogens (tertiary/aromatic N) is 2. The molecule has 0 spiro atoms. The maximum atomic E-state index is 11.3. The van der Waals surface area contributed by atoms with Crippen molar-refractivity contribution in [2.24, 2.45) is 16.6 Å². The van der Waals surface area contributed by atoms with Gasteiger partial charge >= 0.3 is 0 Å². The number of aliphatic imine (C=N–C) groups is 1. The summed E-state index contributed by atoms with van der Waals surface area (Å²) in [5, 5.41) is 6.64. The number of likely N-dealkylation sites (tertiary alicyclic amines) is 1. The van der Waals surface area contributed by atoms with E-state index in [1.54, 1.807) is 14.2 Å². The molecule has 4 N–H and O–H groups in total. The maximum absolute atomic E-state index is 11.3. The molecule has 152 valence electrons. The lowest BCUT2D eigenvalue weighted by Gasteiger charge is -2.31. The van der Waals surface area contributed by atoms with Gasteiger partial charge in [-0.15, -0.1) is 24.0 Å².